The topological polar surface area (TPSA) is 98.5 Å². The normalized spacial score (nSPS) is 16.5. The third kappa shape index (κ3) is 4.87. The van der Waals surface area contributed by atoms with Crippen molar-refractivity contribution in [3.05, 3.63) is 48.5 Å². The number of rotatable bonds is 5. The number of anilines is 1. The molecule has 7 heteroatoms. The Morgan fingerprint density at radius 1 is 1.04 bits per heavy atom. The molecule has 0 heterocycles. The van der Waals surface area contributed by atoms with Gasteiger partial charge in [0.2, 0.25) is 5.91 Å². The van der Waals surface area contributed by atoms with Gasteiger partial charge in [-0.2, -0.15) is 0 Å². The van der Waals surface area contributed by atoms with E-state index in [1.165, 1.54) is 12.1 Å². The summed E-state index contributed by atoms with van der Waals surface area (Å²) in [7, 11) is -3.29. The number of hydrogen-bond donors (Lipinski definition) is 2. The maximum atomic E-state index is 12.5. The number of sulfone groups is 1. The molecule has 0 radical (unpaired) electrons. The Labute approximate surface area is 159 Å². The Balaban J connectivity index is 1.66. The highest BCUT2D eigenvalue weighted by Crippen LogP contribution is 2.28. The summed E-state index contributed by atoms with van der Waals surface area (Å²) in [6.45, 7) is 0. The van der Waals surface area contributed by atoms with Crippen molar-refractivity contribution < 1.29 is 17.9 Å². The molecule has 0 saturated heterocycles. The second-order valence-electron chi connectivity index (χ2n) is 7.04. The van der Waals surface area contributed by atoms with Gasteiger partial charge in [-0.05, 0) is 55.3 Å². The summed E-state index contributed by atoms with van der Waals surface area (Å²) in [6, 6.07) is 13.2. The minimum absolute atomic E-state index is 0.156. The van der Waals surface area contributed by atoms with E-state index in [1.807, 2.05) is 0 Å². The van der Waals surface area contributed by atoms with E-state index >= 15 is 0 Å². The Morgan fingerprint density at radius 3 is 2.33 bits per heavy atom. The molecular formula is C20H24N2O4S. The van der Waals surface area contributed by atoms with Gasteiger partial charge in [-0.1, -0.05) is 25.3 Å². The second kappa shape index (κ2) is 7.70. The van der Waals surface area contributed by atoms with E-state index in [9.17, 15) is 13.2 Å². The molecule has 6 nitrogen and oxygen atoms in total. The van der Waals surface area contributed by atoms with Crippen molar-refractivity contribution in [1.82, 2.24) is 0 Å². The van der Waals surface area contributed by atoms with Gasteiger partial charge in [-0.25, -0.2) is 8.42 Å². The fourth-order valence-corrected chi connectivity index (χ4v) is 3.83. The molecule has 2 aromatic carbocycles. The van der Waals surface area contributed by atoms with E-state index in [0.29, 0.717) is 30.0 Å². The average Bonchev–Trinajstić information content (AvgIpc) is 2.63. The quantitative estimate of drug-likeness (QED) is 0.817. The first kappa shape index (κ1) is 19.4. The van der Waals surface area contributed by atoms with Gasteiger partial charge in [-0.3, -0.25) is 4.79 Å². The summed E-state index contributed by atoms with van der Waals surface area (Å²) in [5.74, 6) is 0.813. The summed E-state index contributed by atoms with van der Waals surface area (Å²) >= 11 is 0. The molecule has 0 bridgehead atoms. The van der Waals surface area contributed by atoms with Crippen molar-refractivity contribution in [3.63, 3.8) is 0 Å². The molecular weight excluding hydrogens is 364 g/mol. The monoisotopic (exact) mass is 388 g/mol. The summed E-state index contributed by atoms with van der Waals surface area (Å²) in [5.41, 5.74) is 6.10. The van der Waals surface area contributed by atoms with Gasteiger partial charge in [0, 0.05) is 11.9 Å². The minimum atomic E-state index is -3.29. The van der Waals surface area contributed by atoms with Crippen LogP contribution < -0.4 is 15.8 Å². The van der Waals surface area contributed by atoms with Gasteiger partial charge in [0.15, 0.2) is 9.84 Å². The second-order valence-corrected chi connectivity index (χ2v) is 9.06. The van der Waals surface area contributed by atoms with Crippen molar-refractivity contribution in [2.45, 2.75) is 42.5 Å². The molecule has 3 N–H and O–H groups in total. The van der Waals surface area contributed by atoms with Crippen LogP contribution in [0.5, 0.6) is 11.5 Å². The van der Waals surface area contributed by atoms with Crippen LogP contribution in [-0.4, -0.2) is 26.1 Å². The molecule has 0 unspecified atom stereocenters. The van der Waals surface area contributed by atoms with Crippen LogP contribution in [0, 0.1) is 0 Å². The van der Waals surface area contributed by atoms with Gasteiger partial charge >= 0.3 is 0 Å². The van der Waals surface area contributed by atoms with Crippen LogP contribution in [0.2, 0.25) is 0 Å². The number of nitrogens with two attached hydrogens (primary N) is 1. The van der Waals surface area contributed by atoms with Crippen molar-refractivity contribution in [3.8, 4) is 11.5 Å². The number of carbonyl (C=O) groups is 1. The van der Waals surface area contributed by atoms with Crippen molar-refractivity contribution in [1.29, 1.82) is 0 Å². The standard InChI is InChI=1S/C20H24N2O4S/c1-27(24,25)18-7-5-6-17(14-18)26-16-10-8-15(9-11-16)22-19(23)20(21)12-3-2-4-13-20/h5-11,14H,2-4,12-13,21H2,1H3,(H,22,23). The van der Waals surface area contributed by atoms with Crippen molar-refractivity contribution in [2.24, 2.45) is 5.73 Å². The van der Waals surface area contributed by atoms with Crippen molar-refractivity contribution >= 4 is 21.4 Å². The average molecular weight is 388 g/mol. The van der Waals surface area contributed by atoms with Crippen LogP contribution in [-0.2, 0) is 14.6 Å². The highest BCUT2D eigenvalue weighted by Gasteiger charge is 2.35. The zero-order chi connectivity index (χ0) is 19.5. The lowest BCUT2D eigenvalue weighted by atomic mass is 9.82. The summed E-state index contributed by atoms with van der Waals surface area (Å²) in [4.78, 5) is 12.7. The lowest BCUT2D eigenvalue weighted by Gasteiger charge is -2.31. The summed E-state index contributed by atoms with van der Waals surface area (Å²) in [5, 5.41) is 2.87. The SMILES string of the molecule is CS(=O)(=O)c1cccc(Oc2ccc(NC(=O)C3(N)CCCCC3)cc2)c1. The molecule has 1 amide bonds. The maximum absolute atomic E-state index is 12.5. The largest absolute Gasteiger partial charge is 0.457 e. The van der Waals surface area contributed by atoms with Crippen LogP contribution in [0.3, 0.4) is 0 Å². The number of nitrogens with one attached hydrogen (secondary N) is 1. The molecule has 2 aromatic rings. The molecule has 27 heavy (non-hydrogen) atoms. The fraction of sp³-hybridized carbons (Fsp3) is 0.350. The minimum Gasteiger partial charge on any atom is -0.457 e. The Morgan fingerprint density at radius 2 is 1.70 bits per heavy atom. The van der Waals surface area contributed by atoms with Gasteiger partial charge in [0.05, 0.1) is 10.4 Å². The Kier molecular flexibility index (Phi) is 5.53. The van der Waals surface area contributed by atoms with E-state index in [2.05, 4.69) is 5.32 Å². The lowest BCUT2D eigenvalue weighted by molar-refractivity contribution is -0.122. The Bertz CT molecular complexity index is 917. The predicted octanol–water partition coefficient (Wildman–Crippen LogP) is 3.48. The number of amides is 1. The number of ether oxygens (including phenoxy) is 1. The molecule has 144 valence electrons. The molecule has 0 aromatic heterocycles. The molecule has 1 aliphatic carbocycles. The number of carbonyl (C=O) groups excluding carboxylic acids is 1. The number of benzene rings is 2. The van der Waals surface area contributed by atoms with Crippen LogP contribution >= 0.6 is 0 Å². The first-order chi connectivity index (χ1) is 12.8. The highest BCUT2D eigenvalue weighted by atomic mass is 32.2. The van der Waals surface area contributed by atoms with Crippen LogP contribution in [0.1, 0.15) is 32.1 Å². The van der Waals surface area contributed by atoms with Crippen LogP contribution in [0.15, 0.2) is 53.4 Å². The zero-order valence-electron chi connectivity index (χ0n) is 15.3. The van der Waals surface area contributed by atoms with E-state index in [0.717, 1.165) is 25.5 Å². The van der Waals surface area contributed by atoms with Crippen molar-refractivity contribution in [2.75, 3.05) is 11.6 Å². The van der Waals surface area contributed by atoms with Gasteiger partial charge in [-0.15, -0.1) is 0 Å². The molecule has 0 aliphatic heterocycles. The van der Waals surface area contributed by atoms with E-state index in [4.69, 9.17) is 10.5 Å². The Hall–Kier alpha value is -2.38. The van der Waals surface area contributed by atoms with Gasteiger partial charge in [0.25, 0.3) is 0 Å². The zero-order valence-corrected chi connectivity index (χ0v) is 16.1. The molecule has 0 atom stereocenters. The third-order valence-electron chi connectivity index (χ3n) is 4.78. The number of hydrogen-bond acceptors (Lipinski definition) is 5. The van der Waals surface area contributed by atoms with E-state index < -0.39 is 15.4 Å². The maximum Gasteiger partial charge on any atom is 0.244 e. The lowest BCUT2D eigenvalue weighted by Crippen LogP contribution is -2.52. The summed E-state index contributed by atoms with van der Waals surface area (Å²) < 4.78 is 29.0. The molecule has 0 spiro atoms. The highest BCUT2D eigenvalue weighted by molar-refractivity contribution is 7.90. The molecule has 1 saturated carbocycles. The van der Waals surface area contributed by atoms with Gasteiger partial charge in [0.1, 0.15) is 11.5 Å². The predicted molar refractivity (Wildman–Crippen MR) is 105 cm³/mol. The van der Waals surface area contributed by atoms with Gasteiger partial charge < -0.3 is 15.8 Å². The molecule has 3 rings (SSSR count). The molecule has 1 aliphatic rings. The van der Waals surface area contributed by atoms with Crippen LogP contribution in [0.4, 0.5) is 5.69 Å². The van der Waals surface area contributed by atoms with E-state index in [-0.39, 0.29) is 10.8 Å². The third-order valence-corrected chi connectivity index (χ3v) is 5.89. The first-order valence-corrected chi connectivity index (χ1v) is 10.8. The van der Waals surface area contributed by atoms with Crippen LogP contribution in [0.25, 0.3) is 0 Å². The fourth-order valence-electron chi connectivity index (χ4n) is 3.18. The van der Waals surface area contributed by atoms with E-state index in [1.54, 1.807) is 36.4 Å². The molecule has 1 fully saturated rings. The smallest absolute Gasteiger partial charge is 0.244 e. The first-order valence-electron chi connectivity index (χ1n) is 8.95. The summed E-state index contributed by atoms with van der Waals surface area (Å²) in [6.07, 6.45) is 5.64.